The van der Waals surface area contributed by atoms with Gasteiger partial charge >= 0.3 is 5.89 Å². The Labute approximate surface area is 64.1 Å². The molecule has 60 valence electrons. The van der Waals surface area contributed by atoms with E-state index in [-0.39, 0.29) is 11.9 Å². The van der Waals surface area contributed by atoms with E-state index >= 15 is 0 Å². The molecule has 1 rings (SSSR count). The highest BCUT2D eigenvalue weighted by Gasteiger charge is 2.18. The number of carboxylic acid groups (broad SMARTS) is 1. The molecule has 0 aliphatic rings. The number of oxazole rings is 1. The zero-order chi connectivity index (χ0) is 8.43. The fourth-order valence-electron chi connectivity index (χ4n) is 0.849. The molecule has 0 bridgehead atoms. The summed E-state index contributed by atoms with van der Waals surface area (Å²) in [5.74, 6) is -1.43. The van der Waals surface area contributed by atoms with Crippen LogP contribution in [0.5, 0.6) is 0 Å². The maximum atomic E-state index is 10.4. The van der Waals surface area contributed by atoms with Crippen molar-refractivity contribution in [2.75, 3.05) is 0 Å². The number of carbonyl (C=O) groups is 1. The van der Waals surface area contributed by atoms with E-state index in [4.69, 9.17) is 0 Å². The van der Waals surface area contributed by atoms with Gasteiger partial charge in [-0.15, -0.1) is 0 Å². The van der Waals surface area contributed by atoms with Crippen molar-refractivity contribution in [3.63, 3.8) is 0 Å². The molecule has 0 fully saturated rings. The SMILES string of the molecule is CC(C)[n+]1ccoc1C(=O)[O-]. The summed E-state index contributed by atoms with van der Waals surface area (Å²) >= 11 is 0. The van der Waals surface area contributed by atoms with Crippen molar-refractivity contribution in [3.8, 4) is 0 Å². The minimum atomic E-state index is -1.29. The molecule has 4 nitrogen and oxygen atoms in total. The number of hydrogen-bond donors (Lipinski definition) is 0. The lowest BCUT2D eigenvalue weighted by Gasteiger charge is -1.98. The number of hydrogen-bond acceptors (Lipinski definition) is 3. The molecular formula is C7H9NO3. The maximum absolute atomic E-state index is 10.4. The molecule has 11 heavy (non-hydrogen) atoms. The number of rotatable bonds is 2. The summed E-state index contributed by atoms with van der Waals surface area (Å²) in [6.07, 6.45) is 2.89. The van der Waals surface area contributed by atoms with E-state index < -0.39 is 5.97 Å². The number of aromatic nitrogens is 1. The number of carboxylic acids is 1. The first-order valence-electron chi connectivity index (χ1n) is 3.33. The summed E-state index contributed by atoms with van der Waals surface area (Å²) < 4.78 is 6.18. The highest BCUT2D eigenvalue weighted by Crippen LogP contribution is 1.97. The fraction of sp³-hybridized carbons (Fsp3) is 0.429. The van der Waals surface area contributed by atoms with Crippen molar-refractivity contribution < 1.29 is 18.9 Å². The van der Waals surface area contributed by atoms with E-state index in [1.807, 2.05) is 13.8 Å². The Hall–Kier alpha value is -1.32. The highest BCUT2D eigenvalue weighted by atomic mass is 16.4. The molecule has 0 amide bonds. The van der Waals surface area contributed by atoms with E-state index in [9.17, 15) is 9.90 Å². The lowest BCUT2D eigenvalue weighted by atomic mass is 10.4. The molecule has 0 radical (unpaired) electrons. The summed E-state index contributed by atoms with van der Waals surface area (Å²) in [7, 11) is 0. The zero-order valence-electron chi connectivity index (χ0n) is 6.40. The Morgan fingerprint density at radius 3 is 2.73 bits per heavy atom. The summed E-state index contributed by atoms with van der Waals surface area (Å²) in [5.41, 5.74) is 0. The number of nitrogens with zero attached hydrogens (tertiary/aromatic N) is 1. The van der Waals surface area contributed by atoms with Gasteiger partial charge in [0.25, 0.3) is 0 Å². The van der Waals surface area contributed by atoms with E-state index in [2.05, 4.69) is 4.42 Å². The largest absolute Gasteiger partial charge is 0.537 e. The van der Waals surface area contributed by atoms with Crippen LogP contribution in [0.3, 0.4) is 0 Å². The third-order valence-corrected chi connectivity index (χ3v) is 1.37. The lowest BCUT2D eigenvalue weighted by Crippen LogP contribution is -2.43. The van der Waals surface area contributed by atoms with Gasteiger partial charge in [-0.2, -0.15) is 4.57 Å². The summed E-state index contributed by atoms with van der Waals surface area (Å²) in [6.45, 7) is 3.73. The highest BCUT2D eigenvalue weighted by molar-refractivity contribution is 5.78. The van der Waals surface area contributed by atoms with Crippen molar-refractivity contribution in [1.82, 2.24) is 0 Å². The smallest absolute Gasteiger partial charge is 0.396 e. The van der Waals surface area contributed by atoms with Crippen LogP contribution in [0.4, 0.5) is 0 Å². The predicted octanol–water partition coefficient (Wildman–Crippen LogP) is -0.488. The molecule has 0 atom stereocenters. The Morgan fingerprint density at radius 2 is 2.36 bits per heavy atom. The molecule has 1 aromatic rings. The first kappa shape index (κ1) is 7.78. The Morgan fingerprint density at radius 1 is 1.73 bits per heavy atom. The molecule has 1 heterocycles. The normalized spacial score (nSPS) is 10.5. The van der Waals surface area contributed by atoms with Gasteiger partial charge < -0.3 is 14.3 Å². The first-order valence-corrected chi connectivity index (χ1v) is 3.33. The van der Waals surface area contributed by atoms with Gasteiger partial charge in [-0.1, -0.05) is 0 Å². The van der Waals surface area contributed by atoms with Gasteiger partial charge in [-0.3, -0.25) is 0 Å². The Bertz CT molecular complexity index is 264. The van der Waals surface area contributed by atoms with Crippen LogP contribution < -0.4 is 9.67 Å². The van der Waals surface area contributed by atoms with Gasteiger partial charge in [-0.25, -0.2) is 0 Å². The monoisotopic (exact) mass is 155 g/mol. The van der Waals surface area contributed by atoms with Crippen LogP contribution in [0.2, 0.25) is 0 Å². The van der Waals surface area contributed by atoms with E-state index in [1.54, 1.807) is 6.20 Å². The molecule has 0 aromatic carbocycles. The second-order valence-corrected chi connectivity index (χ2v) is 2.50. The van der Waals surface area contributed by atoms with Crippen molar-refractivity contribution in [2.45, 2.75) is 19.9 Å². The van der Waals surface area contributed by atoms with Crippen molar-refractivity contribution in [3.05, 3.63) is 18.4 Å². The number of carbonyl (C=O) groups excluding carboxylic acids is 1. The second-order valence-electron chi connectivity index (χ2n) is 2.50. The second kappa shape index (κ2) is 2.74. The summed E-state index contributed by atoms with van der Waals surface area (Å²) in [4.78, 5) is 10.4. The molecule has 0 aliphatic heterocycles. The van der Waals surface area contributed by atoms with Crippen LogP contribution in [-0.2, 0) is 0 Å². The molecule has 0 N–H and O–H groups in total. The quantitative estimate of drug-likeness (QED) is 0.541. The van der Waals surface area contributed by atoms with Crippen LogP contribution in [-0.4, -0.2) is 5.97 Å². The Balaban J connectivity index is 3.06. The molecular weight excluding hydrogens is 146 g/mol. The van der Waals surface area contributed by atoms with Gasteiger partial charge in [-0.05, 0) is 13.8 Å². The zero-order valence-corrected chi connectivity index (χ0v) is 6.40. The standard InChI is InChI=1S/C7H9NO3/c1-5(2)8-3-4-11-6(8)7(9)10/h3-5H,1-2H3. The van der Waals surface area contributed by atoms with Gasteiger partial charge in [0, 0.05) is 0 Å². The minimum Gasteiger partial charge on any atom is -0.537 e. The van der Waals surface area contributed by atoms with Gasteiger partial charge in [0.05, 0.1) is 0 Å². The van der Waals surface area contributed by atoms with E-state index in [1.165, 1.54) is 10.8 Å². The molecule has 4 heteroatoms. The van der Waals surface area contributed by atoms with Crippen LogP contribution in [0.1, 0.15) is 30.6 Å². The molecule has 0 unspecified atom stereocenters. The fourth-order valence-corrected chi connectivity index (χ4v) is 0.849. The van der Waals surface area contributed by atoms with Crippen molar-refractivity contribution >= 4 is 5.97 Å². The third kappa shape index (κ3) is 1.39. The Kier molecular flexibility index (Phi) is 1.94. The summed E-state index contributed by atoms with van der Waals surface area (Å²) in [6, 6.07) is 0.0710. The average Bonchev–Trinajstić information content (AvgIpc) is 2.32. The molecule has 0 aliphatic carbocycles. The molecule has 0 saturated carbocycles. The first-order chi connectivity index (χ1) is 5.13. The van der Waals surface area contributed by atoms with Crippen LogP contribution in [0.25, 0.3) is 0 Å². The van der Waals surface area contributed by atoms with Crippen molar-refractivity contribution in [1.29, 1.82) is 0 Å². The van der Waals surface area contributed by atoms with Gasteiger partial charge in [0.15, 0.2) is 18.3 Å². The van der Waals surface area contributed by atoms with Gasteiger partial charge in [0.1, 0.15) is 0 Å². The van der Waals surface area contributed by atoms with Crippen LogP contribution in [0.15, 0.2) is 16.9 Å². The summed E-state index contributed by atoms with van der Waals surface area (Å²) in [5, 5.41) is 10.4. The molecule has 1 aromatic heterocycles. The van der Waals surface area contributed by atoms with E-state index in [0.29, 0.717) is 0 Å². The topological polar surface area (TPSA) is 57.2 Å². The van der Waals surface area contributed by atoms with Gasteiger partial charge in [0.2, 0.25) is 6.20 Å². The number of aromatic carboxylic acids is 1. The molecule has 0 spiro atoms. The van der Waals surface area contributed by atoms with Crippen LogP contribution in [0, 0.1) is 0 Å². The molecule has 0 saturated heterocycles. The van der Waals surface area contributed by atoms with Crippen molar-refractivity contribution in [2.24, 2.45) is 0 Å². The average molecular weight is 155 g/mol. The minimum absolute atomic E-state index is 0.0710. The maximum Gasteiger partial charge on any atom is 0.396 e. The predicted molar refractivity (Wildman–Crippen MR) is 33.6 cm³/mol. The lowest BCUT2D eigenvalue weighted by molar-refractivity contribution is -0.722. The van der Waals surface area contributed by atoms with E-state index in [0.717, 1.165) is 0 Å². The third-order valence-electron chi connectivity index (χ3n) is 1.37. The van der Waals surface area contributed by atoms with Crippen LogP contribution >= 0.6 is 0 Å².